The summed E-state index contributed by atoms with van der Waals surface area (Å²) in [6.45, 7) is 0.801. The van der Waals surface area contributed by atoms with Gasteiger partial charge in [-0.1, -0.05) is 0 Å². The van der Waals surface area contributed by atoms with Crippen molar-refractivity contribution in [2.24, 2.45) is 0 Å². The highest BCUT2D eigenvalue weighted by Gasteiger charge is 2.14. The van der Waals surface area contributed by atoms with Gasteiger partial charge in [0.2, 0.25) is 0 Å². The summed E-state index contributed by atoms with van der Waals surface area (Å²) in [7, 11) is 0. The van der Waals surface area contributed by atoms with E-state index in [1.54, 1.807) is 17.3 Å². The number of nitrogens with two attached hydrogens (primary N) is 1. The van der Waals surface area contributed by atoms with E-state index in [4.69, 9.17) is 5.73 Å². The van der Waals surface area contributed by atoms with E-state index in [2.05, 4.69) is 21.4 Å². The van der Waals surface area contributed by atoms with Gasteiger partial charge in [0, 0.05) is 9.75 Å². The van der Waals surface area contributed by atoms with Crippen molar-refractivity contribution in [2.45, 2.75) is 25.8 Å². The average molecular weight is 246 g/mol. The molecule has 0 unspecified atom stereocenters. The van der Waals surface area contributed by atoms with Crippen LogP contribution in [-0.2, 0) is 19.4 Å². The standard InChI is InChI=1S/C12H14N4S/c13-11-6-14-7-12(16-11)15-5-9-4-8-2-1-3-10(8)17-9/h4,6-7H,1-3,5H2,(H3,13,15,16). The molecule has 88 valence electrons. The molecule has 0 atom stereocenters. The number of nitrogens with zero attached hydrogens (tertiary/aromatic N) is 2. The summed E-state index contributed by atoms with van der Waals surface area (Å²) < 4.78 is 0. The van der Waals surface area contributed by atoms with E-state index in [0.29, 0.717) is 5.82 Å². The summed E-state index contributed by atoms with van der Waals surface area (Å²) in [4.78, 5) is 11.1. The molecule has 17 heavy (non-hydrogen) atoms. The molecule has 3 N–H and O–H groups in total. The lowest BCUT2D eigenvalue weighted by molar-refractivity contribution is 0.913. The Morgan fingerprint density at radius 3 is 3.12 bits per heavy atom. The smallest absolute Gasteiger partial charge is 0.147 e. The highest BCUT2D eigenvalue weighted by atomic mass is 32.1. The fraction of sp³-hybridized carbons (Fsp3) is 0.333. The maximum Gasteiger partial charge on any atom is 0.147 e. The van der Waals surface area contributed by atoms with E-state index < -0.39 is 0 Å². The van der Waals surface area contributed by atoms with Crippen LogP contribution in [0.4, 0.5) is 11.6 Å². The molecule has 2 aromatic heterocycles. The summed E-state index contributed by atoms with van der Waals surface area (Å²) >= 11 is 1.90. The van der Waals surface area contributed by atoms with Gasteiger partial charge in [0.15, 0.2) is 0 Å². The molecule has 0 radical (unpaired) electrons. The molecule has 0 bridgehead atoms. The summed E-state index contributed by atoms with van der Waals surface area (Å²) in [6, 6.07) is 2.31. The van der Waals surface area contributed by atoms with Crippen molar-refractivity contribution in [2.75, 3.05) is 11.1 Å². The molecule has 0 aliphatic heterocycles. The highest BCUT2D eigenvalue weighted by molar-refractivity contribution is 7.12. The van der Waals surface area contributed by atoms with Gasteiger partial charge in [0.05, 0.1) is 18.9 Å². The van der Waals surface area contributed by atoms with Crippen LogP contribution in [0.5, 0.6) is 0 Å². The minimum Gasteiger partial charge on any atom is -0.382 e. The maximum atomic E-state index is 5.58. The molecule has 3 rings (SSSR count). The van der Waals surface area contributed by atoms with E-state index >= 15 is 0 Å². The maximum absolute atomic E-state index is 5.58. The molecule has 0 spiro atoms. The molecule has 1 aliphatic carbocycles. The van der Waals surface area contributed by atoms with E-state index in [-0.39, 0.29) is 0 Å². The first-order valence-corrected chi connectivity index (χ1v) is 6.55. The molecular weight excluding hydrogens is 232 g/mol. The van der Waals surface area contributed by atoms with Crippen molar-refractivity contribution < 1.29 is 0 Å². The van der Waals surface area contributed by atoms with Crippen LogP contribution in [0.25, 0.3) is 0 Å². The van der Waals surface area contributed by atoms with Gasteiger partial charge in [0.1, 0.15) is 11.6 Å². The second kappa shape index (κ2) is 4.33. The third kappa shape index (κ3) is 2.24. The molecular formula is C12H14N4S. The molecule has 0 aromatic carbocycles. The lowest BCUT2D eigenvalue weighted by Crippen LogP contribution is -2.02. The SMILES string of the molecule is Nc1cncc(NCc2cc3c(s2)CCC3)n1. The van der Waals surface area contributed by atoms with Gasteiger partial charge in [-0.05, 0) is 30.9 Å². The topological polar surface area (TPSA) is 63.8 Å². The Morgan fingerprint density at radius 2 is 2.29 bits per heavy atom. The molecule has 2 heterocycles. The Morgan fingerprint density at radius 1 is 1.35 bits per heavy atom. The normalized spacial score (nSPS) is 13.6. The van der Waals surface area contributed by atoms with Crippen LogP contribution >= 0.6 is 11.3 Å². The van der Waals surface area contributed by atoms with Gasteiger partial charge in [-0.3, -0.25) is 4.98 Å². The number of fused-ring (bicyclic) bond motifs is 1. The zero-order chi connectivity index (χ0) is 11.7. The van der Waals surface area contributed by atoms with Gasteiger partial charge in [-0.2, -0.15) is 0 Å². The van der Waals surface area contributed by atoms with Crippen LogP contribution in [0.2, 0.25) is 0 Å². The number of rotatable bonds is 3. The predicted octanol–water partition coefficient (Wildman–Crippen LogP) is 2.22. The van der Waals surface area contributed by atoms with Gasteiger partial charge >= 0.3 is 0 Å². The van der Waals surface area contributed by atoms with Gasteiger partial charge in [-0.15, -0.1) is 11.3 Å². The Bertz CT molecular complexity index is 514. The van der Waals surface area contributed by atoms with Crippen molar-refractivity contribution in [3.8, 4) is 0 Å². The van der Waals surface area contributed by atoms with Crippen molar-refractivity contribution >= 4 is 23.0 Å². The third-order valence-corrected chi connectivity index (χ3v) is 4.13. The number of thiophene rings is 1. The van der Waals surface area contributed by atoms with Gasteiger partial charge < -0.3 is 11.1 Å². The molecule has 2 aromatic rings. The van der Waals surface area contributed by atoms with Crippen molar-refractivity contribution in [1.82, 2.24) is 9.97 Å². The quantitative estimate of drug-likeness (QED) is 0.871. The Labute approximate surface area is 104 Å². The molecule has 0 saturated carbocycles. The van der Waals surface area contributed by atoms with E-state index in [1.165, 1.54) is 29.7 Å². The first-order chi connectivity index (χ1) is 8.31. The average Bonchev–Trinajstić information content (AvgIpc) is 2.86. The number of hydrogen-bond donors (Lipinski definition) is 2. The van der Waals surface area contributed by atoms with Crippen LogP contribution in [-0.4, -0.2) is 9.97 Å². The van der Waals surface area contributed by atoms with Crippen LogP contribution in [0.3, 0.4) is 0 Å². The minimum atomic E-state index is 0.448. The summed E-state index contributed by atoms with van der Waals surface area (Å²) in [5.74, 6) is 1.18. The third-order valence-electron chi connectivity index (χ3n) is 2.89. The van der Waals surface area contributed by atoms with E-state index in [1.807, 2.05) is 11.3 Å². The van der Waals surface area contributed by atoms with Crippen LogP contribution < -0.4 is 11.1 Å². The number of hydrogen-bond acceptors (Lipinski definition) is 5. The Hall–Kier alpha value is -1.62. The molecule has 5 heteroatoms. The predicted molar refractivity (Wildman–Crippen MR) is 70.1 cm³/mol. The molecule has 1 aliphatic rings. The first kappa shape index (κ1) is 10.5. The number of anilines is 2. The van der Waals surface area contributed by atoms with Crippen molar-refractivity contribution in [1.29, 1.82) is 0 Å². The first-order valence-electron chi connectivity index (χ1n) is 5.73. The minimum absolute atomic E-state index is 0.448. The van der Waals surface area contributed by atoms with E-state index in [0.717, 1.165) is 12.4 Å². The number of nitrogen functional groups attached to an aromatic ring is 1. The van der Waals surface area contributed by atoms with Crippen molar-refractivity contribution in [3.63, 3.8) is 0 Å². The lowest BCUT2D eigenvalue weighted by atomic mass is 10.2. The fourth-order valence-corrected chi connectivity index (χ4v) is 3.32. The second-order valence-corrected chi connectivity index (χ2v) is 5.42. The monoisotopic (exact) mass is 246 g/mol. The zero-order valence-corrected chi connectivity index (χ0v) is 10.3. The van der Waals surface area contributed by atoms with Crippen LogP contribution in [0.15, 0.2) is 18.5 Å². The molecule has 0 fully saturated rings. The Balaban J connectivity index is 1.67. The molecule has 0 amide bonds. The lowest BCUT2D eigenvalue weighted by Gasteiger charge is -2.03. The van der Waals surface area contributed by atoms with Crippen LogP contribution in [0, 0.1) is 0 Å². The molecule has 0 saturated heterocycles. The van der Waals surface area contributed by atoms with E-state index in [9.17, 15) is 0 Å². The number of aryl methyl sites for hydroxylation is 2. The van der Waals surface area contributed by atoms with Gasteiger partial charge in [0.25, 0.3) is 0 Å². The van der Waals surface area contributed by atoms with Gasteiger partial charge in [-0.25, -0.2) is 4.98 Å². The summed E-state index contributed by atoms with van der Waals surface area (Å²) in [5, 5.41) is 3.25. The fourth-order valence-electron chi connectivity index (χ4n) is 2.12. The highest BCUT2D eigenvalue weighted by Crippen LogP contribution is 2.30. The Kier molecular flexibility index (Phi) is 2.68. The number of nitrogens with one attached hydrogen (secondary N) is 1. The summed E-state index contributed by atoms with van der Waals surface area (Å²) in [5.41, 5.74) is 7.11. The second-order valence-electron chi connectivity index (χ2n) is 4.20. The number of aromatic nitrogens is 2. The van der Waals surface area contributed by atoms with Crippen LogP contribution in [0.1, 0.15) is 21.7 Å². The zero-order valence-electron chi connectivity index (χ0n) is 9.44. The van der Waals surface area contributed by atoms with Crippen molar-refractivity contribution in [3.05, 3.63) is 33.8 Å². The molecule has 4 nitrogen and oxygen atoms in total. The summed E-state index contributed by atoms with van der Waals surface area (Å²) in [6.07, 6.45) is 7.04. The largest absolute Gasteiger partial charge is 0.382 e.